The van der Waals surface area contributed by atoms with Crippen LogP contribution in [0, 0.1) is 0 Å². The Bertz CT molecular complexity index is 293. The zero-order valence-corrected chi connectivity index (χ0v) is 15.0. The van der Waals surface area contributed by atoms with Gasteiger partial charge in [-0.2, -0.15) is 0 Å². The van der Waals surface area contributed by atoms with Crippen LogP contribution >= 0.6 is 0 Å². The quantitative estimate of drug-likeness (QED) is 0.495. The third kappa shape index (κ3) is 12.7. The number of carbonyl (C=O) groups excluding carboxylic acids is 2. The van der Waals surface area contributed by atoms with Gasteiger partial charge in [0.25, 0.3) is 0 Å². The molecular formula is C18H36N2O2. The summed E-state index contributed by atoms with van der Waals surface area (Å²) in [6, 6.07) is 0. The van der Waals surface area contributed by atoms with Gasteiger partial charge >= 0.3 is 0 Å². The van der Waals surface area contributed by atoms with Crippen molar-refractivity contribution in [3.05, 3.63) is 0 Å². The molecule has 0 radical (unpaired) electrons. The van der Waals surface area contributed by atoms with Crippen LogP contribution in [0.1, 0.15) is 85.0 Å². The molecule has 0 rings (SSSR count). The zero-order valence-electron chi connectivity index (χ0n) is 15.0. The van der Waals surface area contributed by atoms with Crippen molar-refractivity contribution >= 4 is 11.8 Å². The maximum absolute atomic E-state index is 11.6. The lowest BCUT2D eigenvalue weighted by molar-refractivity contribution is -0.129. The first kappa shape index (κ1) is 20.9. The first-order valence-corrected chi connectivity index (χ1v) is 9.14. The molecule has 4 nitrogen and oxygen atoms in total. The average molecular weight is 312 g/mol. The molecule has 0 aliphatic rings. The van der Waals surface area contributed by atoms with Crippen molar-refractivity contribution in [3.8, 4) is 0 Å². The van der Waals surface area contributed by atoms with Gasteiger partial charge in [-0.3, -0.25) is 9.59 Å². The molecule has 4 heteroatoms. The standard InChI is InChI=1S/C18H36N2O2/c1-4-6-8-10-13-18(22)19-14-12-16-20(17(3)21)15-11-9-7-5-2/h4-16H2,1-3H3,(H,19,22). The molecule has 0 heterocycles. The Morgan fingerprint density at radius 3 is 2.00 bits per heavy atom. The number of nitrogens with zero attached hydrogens (tertiary/aromatic N) is 1. The van der Waals surface area contributed by atoms with Crippen LogP contribution in [0.15, 0.2) is 0 Å². The van der Waals surface area contributed by atoms with Crippen LogP contribution in [-0.4, -0.2) is 36.3 Å². The number of carbonyl (C=O) groups is 2. The van der Waals surface area contributed by atoms with Crippen molar-refractivity contribution in [1.82, 2.24) is 10.2 Å². The number of rotatable bonds is 14. The summed E-state index contributed by atoms with van der Waals surface area (Å²) >= 11 is 0. The summed E-state index contributed by atoms with van der Waals surface area (Å²) in [5.41, 5.74) is 0. The first-order valence-electron chi connectivity index (χ1n) is 9.14. The minimum Gasteiger partial charge on any atom is -0.356 e. The first-order chi connectivity index (χ1) is 10.6. The maximum Gasteiger partial charge on any atom is 0.219 e. The van der Waals surface area contributed by atoms with Gasteiger partial charge in [-0.1, -0.05) is 52.4 Å². The van der Waals surface area contributed by atoms with Gasteiger partial charge in [-0.15, -0.1) is 0 Å². The monoisotopic (exact) mass is 312 g/mol. The molecule has 0 aromatic carbocycles. The van der Waals surface area contributed by atoms with E-state index in [0.717, 1.165) is 38.8 Å². The predicted octanol–water partition coefficient (Wildman–Crippen LogP) is 3.89. The largest absolute Gasteiger partial charge is 0.356 e. The highest BCUT2D eigenvalue weighted by atomic mass is 16.2. The van der Waals surface area contributed by atoms with Crippen LogP contribution in [0.3, 0.4) is 0 Å². The molecule has 0 aliphatic carbocycles. The Labute approximate surface area is 137 Å². The fourth-order valence-electron chi connectivity index (χ4n) is 2.45. The van der Waals surface area contributed by atoms with Crippen LogP contribution in [-0.2, 0) is 9.59 Å². The molecule has 0 unspecified atom stereocenters. The fraction of sp³-hybridized carbons (Fsp3) is 0.889. The van der Waals surface area contributed by atoms with Gasteiger partial charge < -0.3 is 10.2 Å². The zero-order chi connectivity index (χ0) is 16.6. The van der Waals surface area contributed by atoms with E-state index in [2.05, 4.69) is 19.2 Å². The SMILES string of the molecule is CCCCCCC(=O)NCCCN(CCCCCC)C(C)=O. The highest BCUT2D eigenvalue weighted by molar-refractivity contribution is 5.75. The lowest BCUT2D eigenvalue weighted by Gasteiger charge is -2.21. The molecule has 0 fully saturated rings. The van der Waals surface area contributed by atoms with Crippen molar-refractivity contribution in [2.24, 2.45) is 0 Å². The Hall–Kier alpha value is -1.06. The molecule has 1 N–H and O–H groups in total. The summed E-state index contributed by atoms with van der Waals surface area (Å²) in [5.74, 6) is 0.288. The molecule has 0 aromatic rings. The number of nitrogens with one attached hydrogen (secondary N) is 1. The van der Waals surface area contributed by atoms with Crippen molar-refractivity contribution in [1.29, 1.82) is 0 Å². The number of hydrogen-bond donors (Lipinski definition) is 1. The van der Waals surface area contributed by atoms with Crippen LogP contribution in [0.25, 0.3) is 0 Å². The average Bonchev–Trinajstić information content (AvgIpc) is 2.49. The molecule has 0 saturated heterocycles. The predicted molar refractivity (Wildman–Crippen MR) is 92.8 cm³/mol. The Morgan fingerprint density at radius 1 is 0.818 bits per heavy atom. The van der Waals surface area contributed by atoms with Gasteiger partial charge in [0.1, 0.15) is 0 Å². The van der Waals surface area contributed by atoms with E-state index in [4.69, 9.17) is 0 Å². The second-order valence-electron chi connectivity index (χ2n) is 6.08. The molecule has 0 aliphatic heterocycles. The van der Waals surface area contributed by atoms with Gasteiger partial charge in [-0.05, 0) is 19.3 Å². The van der Waals surface area contributed by atoms with Crippen LogP contribution in [0.2, 0.25) is 0 Å². The van der Waals surface area contributed by atoms with E-state index in [-0.39, 0.29) is 11.8 Å². The summed E-state index contributed by atoms with van der Waals surface area (Å²) in [5, 5.41) is 2.95. The summed E-state index contributed by atoms with van der Waals surface area (Å²) in [7, 11) is 0. The van der Waals surface area contributed by atoms with Gasteiger partial charge in [0.15, 0.2) is 0 Å². The molecular weight excluding hydrogens is 276 g/mol. The fourth-order valence-corrected chi connectivity index (χ4v) is 2.45. The minimum atomic E-state index is 0.141. The minimum absolute atomic E-state index is 0.141. The molecule has 130 valence electrons. The van der Waals surface area contributed by atoms with Gasteiger partial charge in [-0.25, -0.2) is 0 Å². The Morgan fingerprint density at radius 2 is 1.41 bits per heavy atom. The van der Waals surface area contributed by atoms with Gasteiger partial charge in [0.05, 0.1) is 0 Å². The molecule has 0 spiro atoms. The summed E-state index contributed by atoms with van der Waals surface area (Å²) in [6.45, 7) is 8.26. The van der Waals surface area contributed by atoms with E-state index < -0.39 is 0 Å². The molecule has 0 saturated carbocycles. The maximum atomic E-state index is 11.6. The topological polar surface area (TPSA) is 49.4 Å². The highest BCUT2D eigenvalue weighted by Gasteiger charge is 2.08. The number of unbranched alkanes of at least 4 members (excludes halogenated alkanes) is 6. The van der Waals surface area contributed by atoms with Crippen LogP contribution < -0.4 is 5.32 Å². The third-order valence-electron chi connectivity index (χ3n) is 3.91. The van der Waals surface area contributed by atoms with Gasteiger partial charge in [0, 0.05) is 33.0 Å². The lowest BCUT2D eigenvalue weighted by Crippen LogP contribution is -2.33. The van der Waals surface area contributed by atoms with Crippen LogP contribution in [0.4, 0.5) is 0 Å². The lowest BCUT2D eigenvalue weighted by atomic mass is 10.1. The highest BCUT2D eigenvalue weighted by Crippen LogP contribution is 2.03. The van der Waals surface area contributed by atoms with Gasteiger partial charge in [0.2, 0.25) is 11.8 Å². The van der Waals surface area contributed by atoms with E-state index in [9.17, 15) is 9.59 Å². The second kappa shape index (κ2) is 14.9. The van der Waals surface area contributed by atoms with Crippen LogP contribution in [0.5, 0.6) is 0 Å². The Kier molecular flexibility index (Phi) is 14.1. The molecule has 0 aromatic heterocycles. The third-order valence-corrected chi connectivity index (χ3v) is 3.91. The normalized spacial score (nSPS) is 10.5. The van der Waals surface area contributed by atoms with Crippen molar-refractivity contribution in [2.45, 2.75) is 85.0 Å². The number of hydrogen-bond acceptors (Lipinski definition) is 2. The van der Waals surface area contributed by atoms with E-state index in [0.29, 0.717) is 13.0 Å². The smallest absolute Gasteiger partial charge is 0.219 e. The second-order valence-corrected chi connectivity index (χ2v) is 6.08. The van der Waals surface area contributed by atoms with E-state index in [1.165, 1.54) is 32.1 Å². The van der Waals surface area contributed by atoms with E-state index >= 15 is 0 Å². The van der Waals surface area contributed by atoms with Crippen molar-refractivity contribution in [3.63, 3.8) is 0 Å². The van der Waals surface area contributed by atoms with Crippen molar-refractivity contribution < 1.29 is 9.59 Å². The summed E-state index contributed by atoms with van der Waals surface area (Å²) in [6.07, 6.45) is 10.7. The molecule has 2 amide bonds. The van der Waals surface area contributed by atoms with E-state index in [1.807, 2.05) is 4.90 Å². The van der Waals surface area contributed by atoms with E-state index in [1.54, 1.807) is 6.92 Å². The molecule has 22 heavy (non-hydrogen) atoms. The summed E-state index contributed by atoms with van der Waals surface area (Å²) < 4.78 is 0. The summed E-state index contributed by atoms with van der Waals surface area (Å²) in [4.78, 5) is 25.1. The van der Waals surface area contributed by atoms with Crippen molar-refractivity contribution in [2.75, 3.05) is 19.6 Å². The molecule has 0 bridgehead atoms. The number of amides is 2. The molecule has 0 atom stereocenters. The Balaban J connectivity index is 3.66.